The van der Waals surface area contributed by atoms with Gasteiger partial charge in [-0.05, 0) is 31.2 Å². The van der Waals surface area contributed by atoms with Gasteiger partial charge in [0, 0.05) is 6.04 Å². The third-order valence-electron chi connectivity index (χ3n) is 3.99. The monoisotopic (exact) mass is 242 g/mol. The van der Waals surface area contributed by atoms with Crippen molar-refractivity contribution in [2.75, 3.05) is 0 Å². The van der Waals surface area contributed by atoms with Gasteiger partial charge in [-0.2, -0.15) is 5.26 Å². The quantitative estimate of drug-likeness (QED) is 0.871. The fourth-order valence-electron chi connectivity index (χ4n) is 2.85. The second-order valence-corrected chi connectivity index (χ2v) is 5.30. The Hall–Kier alpha value is -1.33. The van der Waals surface area contributed by atoms with Gasteiger partial charge < -0.3 is 0 Å². The summed E-state index contributed by atoms with van der Waals surface area (Å²) in [6.45, 7) is 2.14. The van der Waals surface area contributed by atoms with Gasteiger partial charge in [0.1, 0.15) is 0 Å². The molecule has 0 saturated heterocycles. The molecule has 1 aliphatic rings. The van der Waals surface area contributed by atoms with Crippen molar-refractivity contribution in [1.29, 1.82) is 5.26 Å². The highest BCUT2D eigenvalue weighted by Gasteiger charge is 2.24. The van der Waals surface area contributed by atoms with Gasteiger partial charge in [-0.3, -0.25) is 5.32 Å². The van der Waals surface area contributed by atoms with Crippen molar-refractivity contribution in [1.82, 2.24) is 5.32 Å². The molecular weight excluding hydrogens is 220 g/mol. The molecule has 0 unspecified atom stereocenters. The molecule has 0 aliphatic heterocycles. The molecule has 1 aliphatic carbocycles. The molecule has 0 aromatic heterocycles. The molecule has 0 bridgehead atoms. The van der Waals surface area contributed by atoms with Crippen LogP contribution in [0, 0.1) is 17.2 Å². The molecule has 0 heterocycles. The van der Waals surface area contributed by atoms with Gasteiger partial charge in [-0.1, -0.05) is 49.6 Å². The first-order chi connectivity index (χ1) is 8.81. The molecule has 1 aromatic rings. The molecule has 0 radical (unpaired) electrons. The highest BCUT2D eigenvalue weighted by Crippen LogP contribution is 2.27. The summed E-state index contributed by atoms with van der Waals surface area (Å²) in [4.78, 5) is 0. The molecule has 2 atom stereocenters. The van der Waals surface area contributed by atoms with Crippen LogP contribution in [0.15, 0.2) is 30.3 Å². The summed E-state index contributed by atoms with van der Waals surface area (Å²) in [6, 6.07) is 13.1. The average Bonchev–Trinajstić information content (AvgIpc) is 2.46. The lowest BCUT2D eigenvalue weighted by Crippen LogP contribution is -2.37. The van der Waals surface area contributed by atoms with Gasteiger partial charge in [0.15, 0.2) is 0 Å². The number of hydrogen-bond donors (Lipinski definition) is 1. The van der Waals surface area contributed by atoms with E-state index in [1.165, 1.54) is 37.7 Å². The molecule has 18 heavy (non-hydrogen) atoms. The number of nitrogens with zero attached hydrogens (tertiary/aromatic N) is 1. The number of rotatable bonds is 4. The lowest BCUT2D eigenvalue weighted by atomic mass is 9.84. The van der Waals surface area contributed by atoms with Crippen molar-refractivity contribution in [2.24, 2.45) is 5.92 Å². The van der Waals surface area contributed by atoms with Gasteiger partial charge in [0.25, 0.3) is 0 Å². The van der Waals surface area contributed by atoms with Crippen LogP contribution >= 0.6 is 0 Å². The van der Waals surface area contributed by atoms with E-state index in [2.05, 4.69) is 42.6 Å². The Morgan fingerprint density at radius 2 is 1.83 bits per heavy atom. The zero-order chi connectivity index (χ0) is 12.8. The van der Waals surface area contributed by atoms with E-state index in [0.717, 1.165) is 0 Å². The summed E-state index contributed by atoms with van der Waals surface area (Å²) < 4.78 is 0. The van der Waals surface area contributed by atoms with E-state index in [-0.39, 0.29) is 12.1 Å². The molecule has 1 N–H and O–H groups in total. The third-order valence-corrected chi connectivity index (χ3v) is 3.99. The summed E-state index contributed by atoms with van der Waals surface area (Å²) in [5.41, 5.74) is 1.26. The summed E-state index contributed by atoms with van der Waals surface area (Å²) in [6.07, 6.45) is 6.30. The van der Waals surface area contributed by atoms with Crippen LogP contribution in [-0.4, -0.2) is 6.04 Å². The Morgan fingerprint density at radius 1 is 1.17 bits per heavy atom. The number of nitrogens with one attached hydrogen (secondary N) is 1. The van der Waals surface area contributed by atoms with Crippen LogP contribution in [0.25, 0.3) is 0 Å². The van der Waals surface area contributed by atoms with Gasteiger partial charge in [0.2, 0.25) is 0 Å². The van der Waals surface area contributed by atoms with E-state index < -0.39 is 0 Å². The number of nitriles is 1. The molecular formula is C16H22N2. The Kier molecular flexibility index (Phi) is 4.78. The summed E-state index contributed by atoms with van der Waals surface area (Å²) in [5, 5.41) is 12.9. The van der Waals surface area contributed by atoms with Crippen LogP contribution in [0.3, 0.4) is 0 Å². The first-order valence-electron chi connectivity index (χ1n) is 7.02. The van der Waals surface area contributed by atoms with Crippen LogP contribution in [0.5, 0.6) is 0 Å². The van der Waals surface area contributed by atoms with Crippen LogP contribution in [-0.2, 0) is 0 Å². The zero-order valence-corrected chi connectivity index (χ0v) is 11.1. The maximum atomic E-state index is 9.36. The predicted molar refractivity (Wildman–Crippen MR) is 74.0 cm³/mol. The Morgan fingerprint density at radius 3 is 2.44 bits per heavy atom. The standard InChI is InChI=1S/C16H22N2/c1-13(14-8-4-2-5-9-14)18-16(12-17)15-10-6-3-7-11-15/h2,4-5,8-9,13,15-16,18H,3,6-7,10-11H2,1H3/t13-,16-/m1/s1. The van der Waals surface area contributed by atoms with Crippen molar-refractivity contribution < 1.29 is 0 Å². The maximum Gasteiger partial charge on any atom is 0.0986 e. The zero-order valence-electron chi connectivity index (χ0n) is 11.1. The number of hydrogen-bond acceptors (Lipinski definition) is 2. The van der Waals surface area contributed by atoms with E-state index in [4.69, 9.17) is 0 Å². The van der Waals surface area contributed by atoms with Crippen molar-refractivity contribution in [3.05, 3.63) is 35.9 Å². The van der Waals surface area contributed by atoms with Crippen LogP contribution in [0.4, 0.5) is 0 Å². The van der Waals surface area contributed by atoms with E-state index in [0.29, 0.717) is 5.92 Å². The molecule has 2 heteroatoms. The van der Waals surface area contributed by atoms with Crippen molar-refractivity contribution in [3.8, 4) is 6.07 Å². The predicted octanol–water partition coefficient (Wildman–Crippen LogP) is 3.81. The lowest BCUT2D eigenvalue weighted by molar-refractivity contribution is 0.292. The molecule has 1 aromatic carbocycles. The summed E-state index contributed by atoms with van der Waals surface area (Å²) >= 11 is 0. The fraction of sp³-hybridized carbons (Fsp3) is 0.562. The summed E-state index contributed by atoms with van der Waals surface area (Å²) in [5.74, 6) is 0.537. The van der Waals surface area contributed by atoms with Crippen LogP contribution in [0.1, 0.15) is 50.6 Å². The minimum atomic E-state index is 0.000469. The second kappa shape index (κ2) is 6.56. The van der Waals surface area contributed by atoms with E-state index in [1.54, 1.807) is 0 Å². The topological polar surface area (TPSA) is 35.8 Å². The molecule has 0 amide bonds. The Balaban J connectivity index is 1.96. The first-order valence-corrected chi connectivity index (χ1v) is 7.02. The third kappa shape index (κ3) is 3.34. The average molecular weight is 242 g/mol. The Labute approximate surface area is 110 Å². The molecule has 2 nitrogen and oxygen atoms in total. The van der Waals surface area contributed by atoms with Crippen molar-refractivity contribution in [2.45, 2.75) is 51.1 Å². The SMILES string of the molecule is C[C@@H](N[C@H](C#N)C1CCCCC1)c1ccccc1. The molecule has 1 fully saturated rings. The van der Waals surface area contributed by atoms with Gasteiger partial charge in [-0.15, -0.1) is 0 Å². The van der Waals surface area contributed by atoms with E-state index >= 15 is 0 Å². The first kappa shape index (κ1) is 13.1. The fourth-order valence-corrected chi connectivity index (χ4v) is 2.85. The summed E-state index contributed by atoms with van der Waals surface area (Å²) in [7, 11) is 0. The van der Waals surface area contributed by atoms with Crippen LogP contribution < -0.4 is 5.32 Å². The second-order valence-electron chi connectivity index (χ2n) is 5.30. The lowest BCUT2D eigenvalue weighted by Gasteiger charge is -2.28. The van der Waals surface area contributed by atoms with Crippen molar-refractivity contribution >= 4 is 0 Å². The van der Waals surface area contributed by atoms with Gasteiger partial charge in [0.05, 0.1) is 12.1 Å². The molecule has 2 rings (SSSR count). The van der Waals surface area contributed by atoms with Crippen molar-refractivity contribution in [3.63, 3.8) is 0 Å². The minimum absolute atomic E-state index is 0.000469. The van der Waals surface area contributed by atoms with Crippen LogP contribution in [0.2, 0.25) is 0 Å². The number of benzene rings is 1. The minimum Gasteiger partial charge on any atom is -0.295 e. The highest BCUT2D eigenvalue weighted by atomic mass is 14.9. The Bertz CT molecular complexity index is 387. The van der Waals surface area contributed by atoms with E-state index in [9.17, 15) is 5.26 Å². The smallest absolute Gasteiger partial charge is 0.0986 e. The normalized spacial score (nSPS) is 20.0. The largest absolute Gasteiger partial charge is 0.295 e. The molecule has 96 valence electrons. The maximum absolute atomic E-state index is 9.36. The molecule has 1 saturated carbocycles. The van der Waals surface area contributed by atoms with E-state index in [1.807, 2.05) is 6.07 Å². The highest BCUT2D eigenvalue weighted by molar-refractivity contribution is 5.18. The van der Waals surface area contributed by atoms with Gasteiger partial charge in [-0.25, -0.2) is 0 Å². The molecule has 0 spiro atoms. The van der Waals surface area contributed by atoms with Gasteiger partial charge >= 0.3 is 0 Å².